The van der Waals surface area contributed by atoms with Crippen LogP contribution in [0.3, 0.4) is 0 Å². The number of nitrogen functional groups attached to an aromatic ring is 1. The molecule has 5 heteroatoms. The van der Waals surface area contributed by atoms with E-state index in [1.807, 2.05) is 49.4 Å². The van der Waals surface area contributed by atoms with Crippen LogP contribution in [-0.4, -0.2) is 22.3 Å². The van der Waals surface area contributed by atoms with Gasteiger partial charge in [0.25, 0.3) is 0 Å². The average molecular weight is 319 g/mol. The molecule has 5 nitrogen and oxygen atoms in total. The second kappa shape index (κ2) is 5.23. The number of benzene rings is 2. The first-order chi connectivity index (χ1) is 11.6. The van der Waals surface area contributed by atoms with Crippen LogP contribution >= 0.6 is 0 Å². The lowest BCUT2D eigenvalue weighted by atomic mass is 10.1. The number of anilines is 1. The van der Waals surface area contributed by atoms with Gasteiger partial charge in [0.05, 0.1) is 23.2 Å². The number of fused-ring (bicyclic) bond motifs is 5. The maximum atomic E-state index is 12.7. The van der Waals surface area contributed by atoms with E-state index in [9.17, 15) is 4.79 Å². The maximum Gasteiger partial charge on any atom is 0.419 e. The van der Waals surface area contributed by atoms with Crippen LogP contribution in [0.25, 0.3) is 32.7 Å². The third-order valence-electron chi connectivity index (χ3n) is 4.24. The van der Waals surface area contributed by atoms with Crippen LogP contribution in [0.2, 0.25) is 0 Å². The van der Waals surface area contributed by atoms with E-state index in [4.69, 9.17) is 10.5 Å². The summed E-state index contributed by atoms with van der Waals surface area (Å²) in [7, 11) is 0. The Kier molecular flexibility index (Phi) is 3.16. The first-order valence-electron chi connectivity index (χ1n) is 7.88. The van der Waals surface area contributed by atoms with Crippen LogP contribution in [0, 0.1) is 6.92 Å². The number of aromatic nitrogens is 2. The topological polar surface area (TPSA) is 70.1 Å². The van der Waals surface area contributed by atoms with Gasteiger partial charge in [0, 0.05) is 16.2 Å². The molecule has 2 aromatic heterocycles. The van der Waals surface area contributed by atoms with Gasteiger partial charge in [-0.15, -0.1) is 0 Å². The van der Waals surface area contributed by atoms with E-state index >= 15 is 0 Å². The number of nitrogens with zero attached hydrogens (tertiary/aromatic N) is 2. The Morgan fingerprint density at radius 1 is 1.17 bits per heavy atom. The molecule has 2 aromatic carbocycles. The summed E-state index contributed by atoms with van der Waals surface area (Å²) in [4.78, 5) is 17.2. The molecule has 0 atom stereocenters. The fourth-order valence-corrected chi connectivity index (χ4v) is 3.21. The minimum Gasteiger partial charge on any atom is -0.449 e. The fourth-order valence-electron chi connectivity index (χ4n) is 3.21. The van der Waals surface area contributed by atoms with Crippen molar-refractivity contribution in [2.24, 2.45) is 0 Å². The quantitative estimate of drug-likeness (QED) is 0.570. The number of rotatable bonds is 1. The molecule has 4 aromatic rings. The van der Waals surface area contributed by atoms with E-state index in [2.05, 4.69) is 4.98 Å². The molecule has 0 spiro atoms. The molecule has 24 heavy (non-hydrogen) atoms. The number of carbonyl (C=O) groups is 1. The monoisotopic (exact) mass is 319 g/mol. The van der Waals surface area contributed by atoms with Crippen molar-refractivity contribution in [1.29, 1.82) is 0 Å². The van der Waals surface area contributed by atoms with Crippen LogP contribution < -0.4 is 5.73 Å². The van der Waals surface area contributed by atoms with Crippen molar-refractivity contribution < 1.29 is 9.53 Å². The van der Waals surface area contributed by atoms with Crippen molar-refractivity contribution >= 4 is 44.6 Å². The van der Waals surface area contributed by atoms with Crippen LogP contribution in [0.15, 0.2) is 42.5 Å². The fraction of sp³-hybridized carbons (Fsp3) is 0.158. The van der Waals surface area contributed by atoms with Crippen molar-refractivity contribution in [3.63, 3.8) is 0 Å². The number of aryl methyl sites for hydroxylation is 1. The normalized spacial score (nSPS) is 11.4. The summed E-state index contributed by atoms with van der Waals surface area (Å²) in [5, 5.41) is 2.61. The summed E-state index contributed by atoms with van der Waals surface area (Å²) in [6, 6.07) is 13.7. The summed E-state index contributed by atoms with van der Waals surface area (Å²) >= 11 is 0. The van der Waals surface area contributed by atoms with Crippen molar-refractivity contribution in [2.45, 2.75) is 13.8 Å². The van der Waals surface area contributed by atoms with Crippen molar-refractivity contribution in [3.8, 4) is 0 Å². The summed E-state index contributed by atoms with van der Waals surface area (Å²) < 4.78 is 6.89. The summed E-state index contributed by atoms with van der Waals surface area (Å²) in [5.74, 6) is 0.460. The van der Waals surface area contributed by atoms with Crippen molar-refractivity contribution in [1.82, 2.24) is 9.55 Å². The SMILES string of the molecule is CCOC(=O)n1c2cc(C)ccc2c2nc(N)c3ccccc3c21. The number of nitrogens with two attached hydrogens (primary N) is 1. The van der Waals surface area contributed by atoms with Crippen LogP contribution in [0.4, 0.5) is 10.6 Å². The lowest BCUT2D eigenvalue weighted by Crippen LogP contribution is -2.13. The first-order valence-corrected chi connectivity index (χ1v) is 7.88. The van der Waals surface area contributed by atoms with Crippen LogP contribution in [0.5, 0.6) is 0 Å². The molecule has 0 amide bonds. The third-order valence-corrected chi connectivity index (χ3v) is 4.24. The first kappa shape index (κ1) is 14.5. The molecule has 0 aliphatic carbocycles. The molecule has 0 unspecified atom stereocenters. The Morgan fingerprint density at radius 3 is 2.67 bits per heavy atom. The summed E-state index contributed by atoms with van der Waals surface area (Å²) in [6.45, 7) is 4.10. The van der Waals surface area contributed by atoms with Gasteiger partial charge in [-0.05, 0) is 25.5 Å². The number of hydrogen-bond acceptors (Lipinski definition) is 4. The van der Waals surface area contributed by atoms with E-state index < -0.39 is 6.09 Å². The Morgan fingerprint density at radius 2 is 1.92 bits per heavy atom. The Hall–Kier alpha value is -3.08. The standard InChI is InChI=1S/C19H17N3O2/c1-3-24-19(23)22-15-10-11(2)8-9-14(15)16-17(22)12-6-4-5-7-13(12)18(20)21-16/h4-10H,3H2,1-2H3,(H2,20,21). The molecule has 120 valence electrons. The minimum atomic E-state index is -0.403. The lowest BCUT2D eigenvalue weighted by Gasteiger charge is -2.08. The second-order valence-electron chi connectivity index (χ2n) is 5.79. The number of carbonyl (C=O) groups excluding carboxylic acids is 1. The molecule has 0 bridgehead atoms. The Balaban J connectivity index is 2.28. The zero-order valence-electron chi connectivity index (χ0n) is 13.5. The molecule has 0 aliphatic rings. The average Bonchev–Trinajstić information content (AvgIpc) is 2.89. The molecule has 2 N–H and O–H groups in total. The van der Waals surface area contributed by atoms with E-state index in [0.29, 0.717) is 17.9 Å². The molecule has 0 fully saturated rings. The van der Waals surface area contributed by atoms with Gasteiger partial charge in [-0.1, -0.05) is 36.4 Å². The van der Waals surface area contributed by atoms with E-state index in [0.717, 1.165) is 32.8 Å². The zero-order valence-corrected chi connectivity index (χ0v) is 13.5. The van der Waals surface area contributed by atoms with Crippen molar-refractivity contribution in [3.05, 3.63) is 48.0 Å². The zero-order chi connectivity index (χ0) is 16.8. The smallest absolute Gasteiger partial charge is 0.419 e. The highest BCUT2D eigenvalue weighted by Crippen LogP contribution is 2.35. The number of hydrogen-bond donors (Lipinski definition) is 1. The van der Waals surface area contributed by atoms with Gasteiger partial charge >= 0.3 is 6.09 Å². The molecule has 0 saturated carbocycles. The van der Waals surface area contributed by atoms with E-state index in [1.165, 1.54) is 0 Å². The van der Waals surface area contributed by atoms with E-state index in [-0.39, 0.29) is 0 Å². The van der Waals surface area contributed by atoms with Crippen molar-refractivity contribution in [2.75, 3.05) is 12.3 Å². The largest absolute Gasteiger partial charge is 0.449 e. The number of ether oxygens (including phenoxy) is 1. The Labute approximate surface area is 138 Å². The van der Waals surface area contributed by atoms with Gasteiger partial charge in [0.1, 0.15) is 5.82 Å². The molecular formula is C19H17N3O2. The highest BCUT2D eigenvalue weighted by molar-refractivity contribution is 6.20. The van der Waals surface area contributed by atoms with Gasteiger partial charge in [0.2, 0.25) is 0 Å². The predicted molar refractivity (Wildman–Crippen MR) is 96.3 cm³/mol. The van der Waals surface area contributed by atoms with E-state index in [1.54, 1.807) is 11.5 Å². The molecular weight excluding hydrogens is 302 g/mol. The summed E-state index contributed by atoms with van der Waals surface area (Å²) in [5.41, 5.74) is 9.45. The van der Waals surface area contributed by atoms with Gasteiger partial charge in [0.15, 0.2) is 0 Å². The molecule has 0 aliphatic heterocycles. The Bertz CT molecular complexity index is 1110. The second-order valence-corrected chi connectivity index (χ2v) is 5.79. The molecule has 2 heterocycles. The van der Waals surface area contributed by atoms with Crippen LogP contribution in [-0.2, 0) is 4.74 Å². The highest BCUT2D eigenvalue weighted by atomic mass is 16.5. The lowest BCUT2D eigenvalue weighted by molar-refractivity contribution is 0.156. The minimum absolute atomic E-state index is 0.312. The molecule has 0 saturated heterocycles. The third kappa shape index (κ3) is 1.94. The maximum absolute atomic E-state index is 12.7. The molecule has 4 rings (SSSR count). The van der Waals surface area contributed by atoms with Crippen LogP contribution in [0.1, 0.15) is 12.5 Å². The highest BCUT2D eigenvalue weighted by Gasteiger charge is 2.21. The van der Waals surface area contributed by atoms with Gasteiger partial charge in [-0.3, -0.25) is 0 Å². The molecule has 0 radical (unpaired) electrons. The van der Waals surface area contributed by atoms with Gasteiger partial charge in [-0.25, -0.2) is 14.3 Å². The van der Waals surface area contributed by atoms with Gasteiger partial charge < -0.3 is 10.5 Å². The van der Waals surface area contributed by atoms with Gasteiger partial charge in [-0.2, -0.15) is 0 Å². The number of pyridine rings is 1. The predicted octanol–water partition coefficient (Wildman–Crippen LogP) is 4.24. The summed E-state index contributed by atoms with van der Waals surface area (Å²) in [6.07, 6.45) is -0.403.